The molecule has 0 amide bonds. The summed E-state index contributed by atoms with van der Waals surface area (Å²) in [5.41, 5.74) is 0. The molecule has 9 heavy (non-hydrogen) atoms. The molecule has 0 aromatic carbocycles. The van der Waals surface area contributed by atoms with Crippen LogP contribution in [0.15, 0.2) is 12.2 Å². The molecule has 1 saturated carbocycles. The maximum absolute atomic E-state index is 2.35. The Labute approximate surface area is 58.0 Å². The van der Waals surface area contributed by atoms with Gasteiger partial charge in [0.2, 0.25) is 0 Å². The third-order valence-corrected chi connectivity index (χ3v) is 2.52. The Morgan fingerprint density at radius 1 is 1.44 bits per heavy atom. The number of rotatable bonds is 2. The van der Waals surface area contributed by atoms with Gasteiger partial charge in [-0.2, -0.15) is 0 Å². The van der Waals surface area contributed by atoms with Crippen molar-refractivity contribution in [3.05, 3.63) is 12.2 Å². The van der Waals surface area contributed by atoms with E-state index in [0.29, 0.717) is 0 Å². The fourth-order valence-electron chi connectivity index (χ4n) is 1.76. The molecule has 0 bridgehead atoms. The van der Waals surface area contributed by atoms with Crippen LogP contribution < -0.4 is 0 Å². The van der Waals surface area contributed by atoms with Crippen molar-refractivity contribution in [3.8, 4) is 0 Å². The summed E-state index contributed by atoms with van der Waals surface area (Å²) in [7, 11) is 0. The lowest BCUT2D eigenvalue weighted by molar-refractivity contribution is 0.716. The zero-order valence-corrected chi connectivity index (χ0v) is 6.59. The van der Waals surface area contributed by atoms with Crippen LogP contribution in [0.2, 0.25) is 0 Å². The summed E-state index contributed by atoms with van der Waals surface area (Å²) in [5, 5.41) is 0. The van der Waals surface area contributed by atoms with Crippen LogP contribution >= 0.6 is 0 Å². The van der Waals surface area contributed by atoms with E-state index in [1.165, 1.54) is 6.42 Å². The van der Waals surface area contributed by atoms with Gasteiger partial charge in [0.25, 0.3) is 0 Å². The molecule has 0 spiro atoms. The summed E-state index contributed by atoms with van der Waals surface area (Å²) < 4.78 is 0. The fraction of sp³-hybridized carbons (Fsp3) is 0.778. The normalized spacial score (nSPS) is 41.9. The topological polar surface area (TPSA) is 0 Å². The molecule has 1 aliphatic rings. The van der Waals surface area contributed by atoms with E-state index in [9.17, 15) is 0 Å². The van der Waals surface area contributed by atoms with E-state index in [2.05, 4.69) is 32.9 Å². The summed E-state index contributed by atoms with van der Waals surface area (Å²) in [6.45, 7) is 6.74. The second-order valence-corrected chi connectivity index (χ2v) is 3.03. The van der Waals surface area contributed by atoms with Crippen molar-refractivity contribution in [2.24, 2.45) is 17.8 Å². The molecule has 52 valence electrons. The van der Waals surface area contributed by atoms with Crippen LogP contribution in [0.4, 0.5) is 0 Å². The van der Waals surface area contributed by atoms with E-state index in [1.54, 1.807) is 0 Å². The van der Waals surface area contributed by atoms with Crippen LogP contribution in [0.1, 0.15) is 27.2 Å². The van der Waals surface area contributed by atoms with Gasteiger partial charge in [-0.05, 0) is 24.7 Å². The highest BCUT2D eigenvalue weighted by Gasteiger charge is 2.42. The van der Waals surface area contributed by atoms with Crippen LogP contribution in [-0.2, 0) is 0 Å². The first-order valence-electron chi connectivity index (χ1n) is 3.94. The summed E-state index contributed by atoms with van der Waals surface area (Å²) >= 11 is 0. The van der Waals surface area contributed by atoms with Gasteiger partial charge in [-0.25, -0.2) is 0 Å². The van der Waals surface area contributed by atoms with E-state index in [-0.39, 0.29) is 0 Å². The van der Waals surface area contributed by atoms with Crippen LogP contribution in [0.25, 0.3) is 0 Å². The summed E-state index contributed by atoms with van der Waals surface area (Å²) in [5.74, 6) is 2.88. The van der Waals surface area contributed by atoms with Gasteiger partial charge in [0, 0.05) is 0 Å². The van der Waals surface area contributed by atoms with Gasteiger partial charge >= 0.3 is 0 Å². The number of hydrogen-bond acceptors (Lipinski definition) is 0. The minimum absolute atomic E-state index is 0.917. The van der Waals surface area contributed by atoms with E-state index in [1.807, 2.05) is 0 Å². The Balaban J connectivity index is 2.33. The van der Waals surface area contributed by atoms with Crippen molar-refractivity contribution in [3.63, 3.8) is 0 Å². The SMILES string of the molecule is CC=CC1C(C)C1CC. The average Bonchev–Trinajstić information content (AvgIpc) is 2.44. The molecular weight excluding hydrogens is 108 g/mol. The predicted octanol–water partition coefficient (Wildman–Crippen LogP) is 2.85. The predicted molar refractivity (Wildman–Crippen MR) is 41.2 cm³/mol. The third-order valence-electron chi connectivity index (χ3n) is 2.52. The van der Waals surface area contributed by atoms with E-state index >= 15 is 0 Å². The maximum Gasteiger partial charge on any atom is -0.0174 e. The summed E-state index contributed by atoms with van der Waals surface area (Å²) in [4.78, 5) is 0. The zero-order chi connectivity index (χ0) is 6.85. The smallest absolute Gasteiger partial charge is 0.0174 e. The molecule has 3 atom stereocenters. The Morgan fingerprint density at radius 3 is 2.44 bits per heavy atom. The number of allylic oxidation sites excluding steroid dienone is 2. The van der Waals surface area contributed by atoms with E-state index < -0.39 is 0 Å². The third kappa shape index (κ3) is 1.17. The van der Waals surface area contributed by atoms with Crippen molar-refractivity contribution in [1.82, 2.24) is 0 Å². The standard InChI is InChI=1S/C9H16/c1-4-6-9-7(3)8(9)5-2/h4,6-9H,5H2,1-3H3. The van der Waals surface area contributed by atoms with Gasteiger partial charge < -0.3 is 0 Å². The van der Waals surface area contributed by atoms with Gasteiger partial charge in [0.1, 0.15) is 0 Å². The quantitative estimate of drug-likeness (QED) is 0.496. The highest BCUT2D eigenvalue weighted by atomic mass is 14.5. The Hall–Kier alpha value is -0.260. The lowest BCUT2D eigenvalue weighted by Gasteiger charge is -1.82. The molecular formula is C9H16. The molecule has 0 saturated heterocycles. The van der Waals surface area contributed by atoms with Crippen molar-refractivity contribution in [1.29, 1.82) is 0 Å². The molecule has 0 aromatic rings. The van der Waals surface area contributed by atoms with E-state index in [0.717, 1.165) is 17.8 Å². The number of hydrogen-bond donors (Lipinski definition) is 0. The highest BCUT2D eigenvalue weighted by Crippen LogP contribution is 2.48. The molecule has 0 N–H and O–H groups in total. The first kappa shape index (κ1) is 6.85. The monoisotopic (exact) mass is 124 g/mol. The molecule has 0 nitrogen and oxygen atoms in total. The summed E-state index contributed by atoms with van der Waals surface area (Å²) in [6.07, 6.45) is 5.88. The first-order valence-corrected chi connectivity index (χ1v) is 3.94. The van der Waals surface area contributed by atoms with Gasteiger partial charge in [0.15, 0.2) is 0 Å². The lowest BCUT2D eigenvalue weighted by atomic mass is 10.2. The molecule has 3 unspecified atom stereocenters. The molecule has 1 fully saturated rings. The lowest BCUT2D eigenvalue weighted by Crippen LogP contribution is -1.72. The molecule has 1 rings (SSSR count). The van der Waals surface area contributed by atoms with Crippen LogP contribution in [0.5, 0.6) is 0 Å². The fourth-order valence-corrected chi connectivity index (χ4v) is 1.76. The second kappa shape index (κ2) is 2.55. The van der Waals surface area contributed by atoms with Crippen LogP contribution in [0, 0.1) is 17.8 Å². The van der Waals surface area contributed by atoms with Crippen molar-refractivity contribution in [2.45, 2.75) is 27.2 Å². The van der Waals surface area contributed by atoms with Crippen LogP contribution in [-0.4, -0.2) is 0 Å². The first-order chi connectivity index (χ1) is 4.31. The molecule has 0 aliphatic heterocycles. The van der Waals surface area contributed by atoms with Gasteiger partial charge in [-0.15, -0.1) is 0 Å². The average molecular weight is 124 g/mol. The molecule has 0 heterocycles. The molecule has 0 radical (unpaired) electrons. The van der Waals surface area contributed by atoms with Gasteiger partial charge in [-0.1, -0.05) is 32.4 Å². The van der Waals surface area contributed by atoms with Gasteiger partial charge in [0.05, 0.1) is 0 Å². The Morgan fingerprint density at radius 2 is 2.11 bits per heavy atom. The summed E-state index contributed by atoms with van der Waals surface area (Å²) in [6, 6.07) is 0. The zero-order valence-electron chi connectivity index (χ0n) is 6.59. The highest BCUT2D eigenvalue weighted by molar-refractivity contribution is 5.05. The molecule has 0 heteroatoms. The Kier molecular flexibility index (Phi) is 1.94. The molecule has 0 aromatic heterocycles. The van der Waals surface area contributed by atoms with Crippen molar-refractivity contribution < 1.29 is 0 Å². The van der Waals surface area contributed by atoms with Gasteiger partial charge in [-0.3, -0.25) is 0 Å². The molecule has 1 aliphatic carbocycles. The largest absolute Gasteiger partial charge is 0.0914 e. The second-order valence-electron chi connectivity index (χ2n) is 3.03. The van der Waals surface area contributed by atoms with Crippen LogP contribution in [0.3, 0.4) is 0 Å². The van der Waals surface area contributed by atoms with Crippen molar-refractivity contribution in [2.75, 3.05) is 0 Å². The van der Waals surface area contributed by atoms with E-state index in [4.69, 9.17) is 0 Å². The Bertz CT molecular complexity index is 113. The minimum atomic E-state index is 0.917. The minimum Gasteiger partial charge on any atom is -0.0914 e. The maximum atomic E-state index is 2.35. The van der Waals surface area contributed by atoms with Crippen molar-refractivity contribution >= 4 is 0 Å².